The van der Waals surface area contributed by atoms with E-state index in [1.165, 1.54) is 0 Å². The number of aliphatic hydroxyl groups excluding tert-OH is 2. The highest BCUT2D eigenvalue weighted by Gasteiger charge is 2.76. The summed E-state index contributed by atoms with van der Waals surface area (Å²) in [7, 11) is 0. The average Bonchev–Trinajstić information content (AvgIpc) is 2.84. The van der Waals surface area contributed by atoms with Gasteiger partial charge in [-0.15, -0.1) is 0 Å². The summed E-state index contributed by atoms with van der Waals surface area (Å²) in [6.45, 7) is 4.71. The van der Waals surface area contributed by atoms with E-state index >= 15 is 4.39 Å². The van der Waals surface area contributed by atoms with E-state index in [1.807, 2.05) is 6.92 Å². The topological polar surface area (TPSA) is 94.8 Å². The van der Waals surface area contributed by atoms with Gasteiger partial charge >= 0.3 is 0 Å². The minimum absolute atomic E-state index is 0.00645. The first kappa shape index (κ1) is 20.4. The number of hydrogen-bond acceptors (Lipinski definition) is 5. The summed E-state index contributed by atoms with van der Waals surface area (Å²) in [4.78, 5) is 24.6. The van der Waals surface area contributed by atoms with E-state index in [2.05, 4.69) is 0 Å². The first-order chi connectivity index (χ1) is 13.0. The van der Waals surface area contributed by atoms with Crippen LogP contribution < -0.4 is 0 Å². The lowest BCUT2D eigenvalue weighted by Gasteiger charge is -2.65. The molecule has 4 rings (SSSR count). The van der Waals surface area contributed by atoms with Crippen LogP contribution in [0.15, 0.2) is 0 Å². The Hall–Kier alpha value is -0.850. The third kappa shape index (κ3) is 2.12. The van der Waals surface area contributed by atoms with Crippen LogP contribution in [-0.2, 0) is 9.59 Å². The predicted molar refractivity (Wildman–Crippen MR) is 100 cm³/mol. The molecule has 0 aromatic carbocycles. The standard InChI is InChI=1S/C22H33FO5/c1-12-8-16-15-5-4-13-9-14(25)6-7-19(13,2)21(15,23)17(26)10-20(16,3)22(12,28)18(27)11-24/h12-13,15-17,24,26,28H,4-11H2,1-3H3/t12?,13?,15-,16-,17?,19-,20-,21-,22-/m0/s1. The van der Waals surface area contributed by atoms with Gasteiger partial charge in [-0.05, 0) is 55.8 Å². The number of alkyl halides is 1. The molecule has 28 heavy (non-hydrogen) atoms. The summed E-state index contributed by atoms with van der Waals surface area (Å²) < 4.78 is 17.0. The summed E-state index contributed by atoms with van der Waals surface area (Å²) in [6.07, 6.45) is 1.66. The molecule has 4 fully saturated rings. The number of carbonyl (C=O) groups excluding carboxylic acids is 2. The Kier molecular flexibility index (Phi) is 4.44. The van der Waals surface area contributed by atoms with Gasteiger partial charge in [0.05, 0.1) is 6.10 Å². The number of rotatable bonds is 2. The number of carbonyl (C=O) groups is 2. The molecule has 0 bridgehead atoms. The minimum Gasteiger partial charge on any atom is -0.390 e. The van der Waals surface area contributed by atoms with E-state index < -0.39 is 52.4 Å². The Bertz CT molecular complexity index is 711. The minimum atomic E-state index is -1.83. The van der Waals surface area contributed by atoms with Crippen molar-refractivity contribution < 1.29 is 29.3 Å². The highest BCUT2D eigenvalue weighted by atomic mass is 19.1. The van der Waals surface area contributed by atoms with Crippen LogP contribution in [0.4, 0.5) is 4.39 Å². The van der Waals surface area contributed by atoms with E-state index in [0.29, 0.717) is 32.1 Å². The second-order valence-electron chi connectivity index (χ2n) is 10.5. The number of fused-ring (bicyclic) bond motifs is 5. The maximum atomic E-state index is 17.0. The SMILES string of the molecule is CC1C[C@H]2[C@@H]3CCC4CC(=O)CC[C@]4(C)[C@@]3(F)C(O)C[C@]2(C)[C@@]1(O)C(=O)CO. The van der Waals surface area contributed by atoms with E-state index in [-0.39, 0.29) is 24.0 Å². The molecule has 4 aliphatic rings. The summed E-state index contributed by atoms with van der Waals surface area (Å²) in [5.74, 6) is -1.63. The van der Waals surface area contributed by atoms with Crippen LogP contribution in [0.1, 0.15) is 65.7 Å². The van der Waals surface area contributed by atoms with Gasteiger partial charge in [0.25, 0.3) is 0 Å². The quantitative estimate of drug-likeness (QED) is 0.665. The van der Waals surface area contributed by atoms with Crippen molar-refractivity contribution in [2.75, 3.05) is 6.61 Å². The molecule has 3 unspecified atom stereocenters. The smallest absolute Gasteiger partial charge is 0.190 e. The van der Waals surface area contributed by atoms with Crippen LogP contribution in [0.3, 0.4) is 0 Å². The van der Waals surface area contributed by atoms with E-state index in [9.17, 15) is 24.9 Å². The fourth-order valence-electron chi connectivity index (χ4n) is 8.10. The lowest BCUT2D eigenvalue weighted by Crippen LogP contribution is -2.71. The van der Waals surface area contributed by atoms with Crippen LogP contribution in [0, 0.1) is 34.5 Å². The Morgan fingerprint density at radius 3 is 2.54 bits per heavy atom. The zero-order chi connectivity index (χ0) is 20.7. The monoisotopic (exact) mass is 396 g/mol. The van der Waals surface area contributed by atoms with Gasteiger partial charge in [0.15, 0.2) is 5.78 Å². The maximum Gasteiger partial charge on any atom is 0.190 e. The summed E-state index contributed by atoms with van der Waals surface area (Å²) in [5, 5.41) is 32.1. The molecule has 0 aromatic heterocycles. The molecule has 4 aliphatic carbocycles. The zero-order valence-electron chi connectivity index (χ0n) is 17.1. The lowest BCUT2D eigenvalue weighted by molar-refractivity contribution is -0.254. The number of halogens is 1. The van der Waals surface area contributed by atoms with Gasteiger partial charge in [-0.3, -0.25) is 9.59 Å². The third-order valence-electron chi connectivity index (χ3n) is 9.71. The van der Waals surface area contributed by atoms with Crippen molar-refractivity contribution in [3.63, 3.8) is 0 Å². The molecule has 0 saturated heterocycles. The molecule has 0 aromatic rings. The van der Waals surface area contributed by atoms with E-state index in [4.69, 9.17) is 0 Å². The lowest BCUT2D eigenvalue weighted by atomic mass is 9.42. The van der Waals surface area contributed by atoms with Crippen molar-refractivity contribution in [1.29, 1.82) is 0 Å². The zero-order valence-corrected chi connectivity index (χ0v) is 17.1. The second-order valence-corrected chi connectivity index (χ2v) is 10.5. The third-order valence-corrected chi connectivity index (χ3v) is 9.71. The average molecular weight is 396 g/mol. The highest BCUT2D eigenvalue weighted by molar-refractivity contribution is 5.90. The van der Waals surface area contributed by atoms with Gasteiger partial charge in [0, 0.05) is 23.7 Å². The number of ketones is 2. The van der Waals surface area contributed by atoms with Gasteiger partial charge in [0.1, 0.15) is 23.7 Å². The van der Waals surface area contributed by atoms with Crippen molar-refractivity contribution in [3.05, 3.63) is 0 Å². The molecule has 158 valence electrons. The molecule has 6 heteroatoms. The van der Waals surface area contributed by atoms with Crippen LogP contribution in [-0.4, -0.2) is 50.9 Å². The summed E-state index contributed by atoms with van der Waals surface area (Å²) >= 11 is 0. The van der Waals surface area contributed by atoms with Gasteiger partial charge in [-0.2, -0.15) is 0 Å². The van der Waals surface area contributed by atoms with Crippen LogP contribution in [0.5, 0.6) is 0 Å². The fraction of sp³-hybridized carbons (Fsp3) is 0.909. The fourth-order valence-corrected chi connectivity index (χ4v) is 8.10. The largest absolute Gasteiger partial charge is 0.390 e. The number of Topliss-reactive ketones (excluding diaryl/α,β-unsaturated/α-hetero) is 2. The Balaban J connectivity index is 1.79. The molecule has 3 N–H and O–H groups in total. The first-order valence-electron chi connectivity index (χ1n) is 10.7. The van der Waals surface area contributed by atoms with Crippen molar-refractivity contribution in [3.8, 4) is 0 Å². The van der Waals surface area contributed by atoms with Crippen molar-refractivity contribution >= 4 is 11.6 Å². The number of hydrogen-bond donors (Lipinski definition) is 3. The van der Waals surface area contributed by atoms with Gasteiger partial charge < -0.3 is 15.3 Å². The molecular weight excluding hydrogens is 363 g/mol. The normalized spacial score (nSPS) is 56.0. The first-order valence-corrected chi connectivity index (χ1v) is 10.7. The van der Waals surface area contributed by atoms with Crippen LogP contribution >= 0.6 is 0 Å². The highest BCUT2D eigenvalue weighted by Crippen LogP contribution is 2.71. The summed E-state index contributed by atoms with van der Waals surface area (Å²) in [5.41, 5.74) is -5.32. The summed E-state index contributed by atoms with van der Waals surface area (Å²) in [6, 6.07) is 0. The second kappa shape index (κ2) is 6.08. The molecule has 9 atom stereocenters. The Labute approximate surface area is 165 Å². The predicted octanol–water partition coefficient (Wildman–Crippen LogP) is 2.20. The van der Waals surface area contributed by atoms with Crippen molar-refractivity contribution in [2.24, 2.45) is 34.5 Å². The van der Waals surface area contributed by atoms with E-state index in [0.717, 1.165) is 6.42 Å². The Morgan fingerprint density at radius 2 is 1.89 bits per heavy atom. The van der Waals surface area contributed by atoms with Gasteiger partial charge in [-0.25, -0.2) is 4.39 Å². The molecule has 0 radical (unpaired) electrons. The molecule has 0 amide bonds. The Morgan fingerprint density at radius 1 is 1.21 bits per heavy atom. The molecule has 4 saturated carbocycles. The molecule has 0 aliphatic heterocycles. The van der Waals surface area contributed by atoms with Gasteiger partial charge in [0.2, 0.25) is 0 Å². The number of aliphatic hydroxyl groups is 3. The van der Waals surface area contributed by atoms with Crippen molar-refractivity contribution in [2.45, 2.75) is 83.1 Å². The molecule has 0 heterocycles. The maximum absolute atomic E-state index is 17.0. The van der Waals surface area contributed by atoms with Crippen LogP contribution in [0.25, 0.3) is 0 Å². The molecular formula is C22H33FO5. The van der Waals surface area contributed by atoms with Crippen LogP contribution in [0.2, 0.25) is 0 Å². The van der Waals surface area contributed by atoms with Crippen molar-refractivity contribution in [1.82, 2.24) is 0 Å². The van der Waals surface area contributed by atoms with E-state index in [1.54, 1.807) is 13.8 Å². The molecule has 0 spiro atoms. The van der Waals surface area contributed by atoms with Gasteiger partial charge in [-0.1, -0.05) is 20.8 Å². The molecule has 5 nitrogen and oxygen atoms in total.